The molecule has 0 radical (unpaired) electrons. The average Bonchev–Trinajstić information content (AvgIpc) is 3.01. The van der Waals surface area contributed by atoms with Crippen molar-refractivity contribution < 1.29 is 4.52 Å². The minimum atomic E-state index is 0. The Hall–Kier alpha value is -1.24. The van der Waals surface area contributed by atoms with Gasteiger partial charge in [0.1, 0.15) is 5.69 Å². The lowest BCUT2D eigenvalue weighted by atomic mass is 10.1. The van der Waals surface area contributed by atoms with Gasteiger partial charge < -0.3 is 9.84 Å². The van der Waals surface area contributed by atoms with E-state index in [1.807, 2.05) is 0 Å². The van der Waals surface area contributed by atoms with Crippen LogP contribution in [-0.4, -0.2) is 33.2 Å². The Kier molecular flexibility index (Phi) is 5.46. The number of hydrogen-bond acceptors (Lipinski definition) is 6. The van der Waals surface area contributed by atoms with Crippen molar-refractivity contribution in [2.24, 2.45) is 0 Å². The van der Waals surface area contributed by atoms with Gasteiger partial charge in [-0.1, -0.05) is 5.16 Å². The summed E-state index contributed by atoms with van der Waals surface area (Å²) in [4.78, 5) is 12.4. The molecule has 0 amide bonds. The Morgan fingerprint density at radius 3 is 2.83 bits per heavy atom. The first-order valence-electron chi connectivity index (χ1n) is 5.24. The summed E-state index contributed by atoms with van der Waals surface area (Å²) in [7, 11) is 0. The highest BCUT2D eigenvalue weighted by atomic mass is 35.5. The number of hydrogen-bond donors (Lipinski definition) is 1. The third-order valence-electron chi connectivity index (χ3n) is 2.65. The van der Waals surface area contributed by atoms with Gasteiger partial charge in [0.05, 0.1) is 6.20 Å². The Balaban J connectivity index is 0.000000810. The van der Waals surface area contributed by atoms with Crippen LogP contribution in [0.15, 0.2) is 23.1 Å². The molecule has 2 aromatic rings. The Morgan fingerprint density at radius 2 is 2.17 bits per heavy atom. The molecule has 6 nitrogen and oxygen atoms in total. The molecular formula is C10H13Cl2N5O. The summed E-state index contributed by atoms with van der Waals surface area (Å²) < 4.78 is 5.17. The molecule has 0 aliphatic carbocycles. The maximum atomic E-state index is 5.17. The number of halogens is 2. The minimum Gasteiger partial charge on any atom is -0.332 e. The van der Waals surface area contributed by atoms with E-state index in [0.29, 0.717) is 17.5 Å². The van der Waals surface area contributed by atoms with Gasteiger partial charge in [0, 0.05) is 24.9 Å². The van der Waals surface area contributed by atoms with Crippen molar-refractivity contribution in [3.05, 3.63) is 24.4 Å². The molecule has 1 aliphatic rings. The van der Waals surface area contributed by atoms with E-state index in [9.17, 15) is 0 Å². The lowest BCUT2D eigenvalue weighted by Gasteiger charge is -1.98. The first-order chi connectivity index (χ1) is 7.93. The minimum absolute atomic E-state index is 0. The van der Waals surface area contributed by atoms with Gasteiger partial charge in [0.2, 0.25) is 0 Å². The molecular weight excluding hydrogens is 277 g/mol. The standard InChI is InChI=1S/C10H11N5O.2ClH/c1-2-11-5-7(1)9-14-10(16-15-9)8-6-12-3-4-13-8;;/h3-4,6-7,11H,1-2,5H2;2*1H. The van der Waals surface area contributed by atoms with E-state index >= 15 is 0 Å². The zero-order chi connectivity index (χ0) is 10.8. The molecule has 0 saturated carbocycles. The van der Waals surface area contributed by atoms with Gasteiger partial charge in [0.15, 0.2) is 5.82 Å². The van der Waals surface area contributed by atoms with Crippen LogP contribution in [0.5, 0.6) is 0 Å². The van der Waals surface area contributed by atoms with Crippen LogP contribution in [0.2, 0.25) is 0 Å². The van der Waals surface area contributed by atoms with E-state index in [2.05, 4.69) is 25.4 Å². The van der Waals surface area contributed by atoms with Crippen molar-refractivity contribution in [2.75, 3.05) is 13.1 Å². The van der Waals surface area contributed by atoms with Crippen molar-refractivity contribution in [1.29, 1.82) is 0 Å². The molecule has 18 heavy (non-hydrogen) atoms. The number of aromatic nitrogens is 4. The molecule has 1 fully saturated rings. The fraction of sp³-hybridized carbons (Fsp3) is 0.400. The van der Waals surface area contributed by atoms with Gasteiger partial charge in [0.25, 0.3) is 5.89 Å². The molecule has 3 rings (SSSR count). The summed E-state index contributed by atoms with van der Waals surface area (Å²) in [6.07, 6.45) is 5.89. The van der Waals surface area contributed by atoms with Crippen molar-refractivity contribution >= 4 is 24.8 Å². The molecule has 2 aromatic heterocycles. The maximum Gasteiger partial charge on any atom is 0.278 e. The van der Waals surface area contributed by atoms with Gasteiger partial charge in [-0.3, -0.25) is 4.98 Å². The molecule has 1 saturated heterocycles. The van der Waals surface area contributed by atoms with Crippen LogP contribution in [0.1, 0.15) is 18.2 Å². The van der Waals surface area contributed by atoms with Crippen molar-refractivity contribution in [3.8, 4) is 11.6 Å². The molecule has 1 aliphatic heterocycles. The van der Waals surface area contributed by atoms with Crippen molar-refractivity contribution in [1.82, 2.24) is 25.4 Å². The Labute approximate surface area is 116 Å². The van der Waals surface area contributed by atoms with Gasteiger partial charge in [-0.25, -0.2) is 4.98 Å². The lowest BCUT2D eigenvalue weighted by Crippen LogP contribution is -2.08. The molecule has 1 unspecified atom stereocenters. The second-order valence-electron chi connectivity index (χ2n) is 3.74. The van der Waals surface area contributed by atoms with Gasteiger partial charge >= 0.3 is 0 Å². The zero-order valence-electron chi connectivity index (χ0n) is 9.44. The number of nitrogens with one attached hydrogen (secondary N) is 1. The number of rotatable bonds is 2. The maximum absolute atomic E-state index is 5.17. The molecule has 0 bridgehead atoms. The fourth-order valence-corrected chi connectivity index (χ4v) is 1.79. The van der Waals surface area contributed by atoms with Gasteiger partial charge in [-0.2, -0.15) is 4.98 Å². The van der Waals surface area contributed by atoms with Crippen LogP contribution in [0, 0.1) is 0 Å². The summed E-state index contributed by atoms with van der Waals surface area (Å²) >= 11 is 0. The summed E-state index contributed by atoms with van der Waals surface area (Å²) in [5, 5.41) is 7.25. The lowest BCUT2D eigenvalue weighted by molar-refractivity contribution is 0.416. The van der Waals surface area contributed by atoms with E-state index in [1.165, 1.54) is 0 Å². The molecule has 98 valence electrons. The third-order valence-corrected chi connectivity index (χ3v) is 2.65. The average molecular weight is 290 g/mol. The first kappa shape index (κ1) is 14.8. The van der Waals surface area contributed by atoms with Crippen LogP contribution in [0.25, 0.3) is 11.6 Å². The van der Waals surface area contributed by atoms with Gasteiger partial charge in [-0.05, 0) is 13.0 Å². The zero-order valence-corrected chi connectivity index (χ0v) is 11.1. The highest BCUT2D eigenvalue weighted by Gasteiger charge is 2.22. The molecule has 0 aromatic carbocycles. The van der Waals surface area contributed by atoms with E-state index in [1.54, 1.807) is 18.6 Å². The molecule has 3 heterocycles. The Morgan fingerprint density at radius 1 is 1.28 bits per heavy atom. The van der Waals surface area contributed by atoms with Crippen LogP contribution in [-0.2, 0) is 0 Å². The second kappa shape index (κ2) is 6.63. The van der Waals surface area contributed by atoms with Crippen LogP contribution < -0.4 is 5.32 Å². The van der Waals surface area contributed by atoms with E-state index in [-0.39, 0.29) is 24.8 Å². The van der Waals surface area contributed by atoms with E-state index in [4.69, 9.17) is 4.52 Å². The third kappa shape index (κ3) is 2.95. The normalized spacial score (nSPS) is 17.9. The predicted octanol–water partition coefficient (Wildman–Crippen LogP) is 1.45. The molecule has 0 spiro atoms. The highest BCUT2D eigenvalue weighted by Crippen LogP contribution is 2.21. The molecule has 1 atom stereocenters. The molecule has 8 heteroatoms. The van der Waals surface area contributed by atoms with Crippen LogP contribution in [0.4, 0.5) is 0 Å². The summed E-state index contributed by atoms with van der Waals surface area (Å²) in [5.74, 6) is 1.55. The quantitative estimate of drug-likeness (QED) is 0.902. The summed E-state index contributed by atoms with van der Waals surface area (Å²) in [5.41, 5.74) is 0.618. The van der Waals surface area contributed by atoms with Crippen molar-refractivity contribution in [2.45, 2.75) is 12.3 Å². The summed E-state index contributed by atoms with van der Waals surface area (Å²) in [6, 6.07) is 0. The monoisotopic (exact) mass is 289 g/mol. The summed E-state index contributed by atoms with van der Waals surface area (Å²) in [6.45, 7) is 1.93. The smallest absolute Gasteiger partial charge is 0.278 e. The van der Waals surface area contributed by atoms with Gasteiger partial charge in [-0.15, -0.1) is 24.8 Å². The van der Waals surface area contributed by atoms with Crippen LogP contribution >= 0.6 is 24.8 Å². The molecule has 1 N–H and O–H groups in total. The predicted molar refractivity (Wildman–Crippen MR) is 70.0 cm³/mol. The van der Waals surface area contributed by atoms with Crippen LogP contribution in [0.3, 0.4) is 0 Å². The largest absolute Gasteiger partial charge is 0.332 e. The van der Waals surface area contributed by atoms with E-state index < -0.39 is 0 Å². The second-order valence-corrected chi connectivity index (χ2v) is 3.74. The van der Waals surface area contributed by atoms with Crippen molar-refractivity contribution in [3.63, 3.8) is 0 Å². The highest BCUT2D eigenvalue weighted by molar-refractivity contribution is 5.85. The first-order valence-corrected chi connectivity index (χ1v) is 5.24. The van der Waals surface area contributed by atoms with E-state index in [0.717, 1.165) is 25.3 Å². The fourth-order valence-electron chi connectivity index (χ4n) is 1.79. The topological polar surface area (TPSA) is 76.7 Å². The SMILES string of the molecule is Cl.Cl.c1cnc(-c2nc(C3CCNC3)no2)cn1. The Bertz CT molecular complexity index is 472. The number of nitrogens with zero attached hydrogens (tertiary/aromatic N) is 4.